The van der Waals surface area contributed by atoms with Gasteiger partial charge >= 0.3 is 6.09 Å². The number of rotatable bonds is 6. The van der Waals surface area contributed by atoms with E-state index in [1.807, 2.05) is 27.7 Å². The number of aliphatic hydroxyl groups excluding tert-OH is 1. The van der Waals surface area contributed by atoms with Gasteiger partial charge in [0.1, 0.15) is 0 Å². The molecule has 1 amide bonds. The molecule has 1 aromatic carbocycles. The van der Waals surface area contributed by atoms with Gasteiger partial charge in [-0.05, 0) is 44.9 Å². The van der Waals surface area contributed by atoms with E-state index < -0.39 is 12.2 Å². The van der Waals surface area contributed by atoms with Crippen molar-refractivity contribution in [1.82, 2.24) is 5.32 Å². The van der Waals surface area contributed by atoms with Crippen LogP contribution >= 0.6 is 23.2 Å². The number of hydrogen-bond acceptors (Lipinski definition) is 4. The predicted octanol–water partition coefficient (Wildman–Crippen LogP) is 4.37. The molecule has 0 saturated carbocycles. The van der Waals surface area contributed by atoms with Gasteiger partial charge in [0.15, 0.2) is 0 Å². The molecule has 1 rings (SSSR count). The number of carbonyl (C=O) groups excluding carboxylic acids is 1. The van der Waals surface area contributed by atoms with E-state index in [1.165, 1.54) is 0 Å². The standard InChI is InChI=1S/C16H24Cl2N2O3/c1-5-6-23-15(22)20-14-11(17)7-10(8-12(14)18)13(21)9-19-16(2,3)4/h7-8,13,19,21H,5-6,9H2,1-4H3,(H,20,22). The van der Waals surface area contributed by atoms with E-state index in [0.29, 0.717) is 18.7 Å². The van der Waals surface area contributed by atoms with Crippen LogP contribution < -0.4 is 10.6 Å². The molecule has 0 heterocycles. The van der Waals surface area contributed by atoms with E-state index in [9.17, 15) is 9.90 Å². The second-order valence-electron chi connectivity index (χ2n) is 6.27. The Morgan fingerprint density at radius 2 is 1.87 bits per heavy atom. The van der Waals surface area contributed by atoms with E-state index in [1.54, 1.807) is 12.1 Å². The summed E-state index contributed by atoms with van der Waals surface area (Å²) in [5.74, 6) is 0. The molecular formula is C16H24Cl2N2O3. The summed E-state index contributed by atoms with van der Waals surface area (Å²) in [5.41, 5.74) is 0.734. The van der Waals surface area contributed by atoms with Crippen LogP contribution in [0.2, 0.25) is 10.0 Å². The number of aliphatic hydroxyl groups is 1. The summed E-state index contributed by atoms with van der Waals surface area (Å²) < 4.78 is 4.93. The topological polar surface area (TPSA) is 70.6 Å². The van der Waals surface area contributed by atoms with Crippen LogP contribution in [0.4, 0.5) is 10.5 Å². The lowest BCUT2D eigenvalue weighted by Gasteiger charge is -2.23. The van der Waals surface area contributed by atoms with Crippen LogP contribution in [0, 0.1) is 0 Å². The van der Waals surface area contributed by atoms with Crippen LogP contribution in [-0.2, 0) is 4.74 Å². The van der Waals surface area contributed by atoms with Gasteiger partial charge < -0.3 is 15.2 Å². The molecule has 0 aliphatic carbocycles. The normalized spacial score (nSPS) is 12.8. The molecule has 0 bridgehead atoms. The lowest BCUT2D eigenvalue weighted by Crippen LogP contribution is -2.38. The number of carbonyl (C=O) groups is 1. The van der Waals surface area contributed by atoms with Crippen molar-refractivity contribution in [3.05, 3.63) is 27.7 Å². The fourth-order valence-corrected chi connectivity index (χ4v) is 2.36. The zero-order valence-electron chi connectivity index (χ0n) is 13.9. The molecule has 0 spiro atoms. The fraction of sp³-hybridized carbons (Fsp3) is 0.562. The Morgan fingerprint density at radius 1 is 1.30 bits per heavy atom. The Bertz CT molecular complexity index is 522. The largest absolute Gasteiger partial charge is 0.449 e. The van der Waals surface area contributed by atoms with Crippen molar-refractivity contribution in [3.63, 3.8) is 0 Å². The highest BCUT2D eigenvalue weighted by Crippen LogP contribution is 2.34. The second-order valence-corrected chi connectivity index (χ2v) is 7.08. The van der Waals surface area contributed by atoms with Crippen LogP contribution in [0.5, 0.6) is 0 Å². The fourth-order valence-electron chi connectivity index (χ4n) is 1.76. The van der Waals surface area contributed by atoms with Gasteiger partial charge in [-0.15, -0.1) is 0 Å². The van der Waals surface area contributed by atoms with Crippen LogP contribution in [0.15, 0.2) is 12.1 Å². The molecule has 0 saturated heterocycles. The summed E-state index contributed by atoms with van der Waals surface area (Å²) in [6, 6.07) is 3.16. The van der Waals surface area contributed by atoms with Gasteiger partial charge in [-0.2, -0.15) is 0 Å². The lowest BCUT2D eigenvalue weighted by molar-refractivity contribution is 0.161. The molecule has 1 aromatic rings. The van der Waals surface area contributed by atoms with Crippen molar-refractivity contribution in [2.24, 2.45) is 0 Å². The first kappa shape index (κ1) is 20.0. The summed E-state index contributed by atoms with van der Waals surface area (Å²) in [5, 5.41) is 16.4. The van der Waals surface area contributed by atoms with E-state index in [-0.39, 0.29) is 21.3 Å². The first-order valence-electron chi connectivity index (χ1n) is 7.50. The Labute approximate surface area is 147 Å². The van der Waals surface area contributed by atoms with E-state index in [0.717, 1.165) is 6.42 Å². The average molecular weight is 363 g/mol. The molecular weight excluding hydrogens is 339 g/mol. The third kappa shape index (κ3) is 6.96. The monoisotopic (exact) mass is 362 g/mol. The Balaban J connectivity index is 2.82. The van der Waals surface area contributed by atoms with Gasteiger partial charge in [-0.3, -0.25) is 5.32 Å². The number of hydrogen-bond donors (Lipinski definition) is 3. The highest BCUT2D eigenvalue weighted by atomic mass is 35.5. The molecule has 0 fully saturated rings. The van der Waals surface area contributed by atoms with Gasteiger partial charge in [-0.1, -0.05) is 30.1 Å². The molecule has 1 atom stereocenters. The number of ether oxygens (including phenoxy) is 1. The average Bonchev–Trinajstić information content (AvgIpc) is 2.45. The van der Waals surface area contributed by atoms with Gasteiger partial charge in [0, 0.05) is 12.1 Å². The van der Waals surface area contributed by atoms with Crippen molar-refractivity contribution < 1.29 is 14.6 Å². The minimum Gasteiger partial charge on any atom is -0.449 e. The lowest BCUT2D eigenvalue weighted by atomic mass is 10.1. The molecule has 0 aliphatic heterocycles. The number of β-amino-alcohol motifs (C(OH)–C–C–N with tert-alkyl or cyclic N) is 1. The van der Waals surface area contributed by atoms with Crippen LogP contribution in [-0.4, -0.2) is 29.9 Å². The van der Waals surface area contributed by atoms with E-state index in [4.69, 9.17) is 27.9 Å². The van der Waals surface area contributed by atoms with Gasteiger partial charge in [-0.25, -0.2) is 4.79 Å². The maximum atomic E-state index is 11.6. The zero-order valence-corrected chi connectivity index (χ0v) is 15.4. The molecule has 130 valence electrons. The third-order valence-corrected chi connectivity index (χ3v) is 3.54. The maximum Gasteiger partial charge on any atom is 0.411 e. The Morgan fingerprint density at radius 3 is 2.35 bits per heavy atom. The number of nitrogens with one attached hydrogen (secondary N) is 2. The summed E-state index contributed by atoms with van der Waals surface area (Å²) in [6.45, 7) is 8.60. The molecule has 23 heavy (non-hydrogen) atoms. The van der Waals surface area contributed by atoms with Crippen LogP contribution in [0.25, 0.3) is 0 Å². The van der Waals surface area contributed by atoms with Gasteiger partial charge in [0.2, 0.25) is 0 Å². The molecule has 0 aliphatic rings. The first-order chi connectivity index (χ1) is 10.6. The maximum absolute atomic E-state index is 11.6. The van der Waals surface area contributed by atoms with Crippen molar-refractivity contribution in [1.29, 1.82) is 0 Å². The van der Waals surface area contributed by atoms with Crippen molar-refractivity contribution in [2.45, 2.75) is 45.8 Å². The van der Waals surface area contributed by atoms with Gasteiger partial charge in [0.05, 0.1) is 28.4 Å². The summed E-state index contributed by atoms with van der Waals surface area (Å²) in [4.78, 5) is 11.6. The third-order valence-electron chi connectivity index (χ3n) is 2.94. The van der Waals surface area contributed by atoms with Crippen molar-refractivity contribution >= 4 is 35.0 Å². The van der Waals surface area contributed by atoms with E-state index >= 15 is 0 Å². The van der Waals surface area contributed by atoms with Crippen molar-refractivity contribution in [3.8, 4) is 0 Å². The van der Waals surface area contributed by atoms with Crippen molar-refractivity contribution in [2.75, 3.05) is 18.5 Å². The summed E-state index contributed by atoms with van der Waals surface area (Å²) >= 11 is 12.3. The van der Waals surface area contributed by atoms with Gasteiger partial charge in [0.25, 0.3) is 0 Å². The predicted molar refractivity (Wildman–Crippen MR) is 94.4 cm³/mol. The molecule has 7 heteroatoms. The Kier molecular flexibility index (Phi) is 7.61. The SMILES string of the molecule is CCCOC(=O)Nc1c(Cl)cc(C(O)CNC(C)(C)C)cc1Cl. The van der Waals surface area contributed by atoms with E-state index in [2.05, 4.69) is 10.6 Å². The minimum absolute atomic E-state index is 0.112. The molecule has 0 radical (unpaired) electrons. The zero-order chi connectivity index (χ0) is 17.6. The second kappa shape index (κ2) is 8.73. The molecule has 3 N–H and O–H groups in total. The number of anilines is 1. The number of benzene rings is 1. The minimum atomic E-state index is -0.759. The summed E-state index contributed by atoms with van der Waals surface area (Å²) in [6.07, 6.45) is -0.649. The highest BCUT2D eigenvalue weighted by molar-refractivity contribution is 6.39. The molecule has 1 unspecified atom stereocenters. The number of halogens is 2. The first-order valence-corrected chi connectivity index (χ1v) is 8.25. The quantitative estimate of drug-likeness (QED) is 0.702. The molecule has 0 aromatic heterocycles. The van der Waals surface area contributed by atoms with Crippen LogP contribution in [0.1, 0.15) is 45.8 Å². The Hall–Kier alpha value is -1.01. The van der Waals surface area contributed by atoms with Crippen LogP contribution in [0.3, 0.4) is 0 Å². The molecule has 5 nitrogen and oxygen atoms in total. The summed E-state index contributed by atoms with van der Waals surface area (Å²) in [7, 11) is 0. The number of amides is 1. The highest BCUT2D eigenvalue weighted by Gasteiger charge is 2.18. The smallest absolute Gasteiger partial charge is 0.411 e.